The summed E-state index contributed by atoms with van der Waals surface area (Å²) in [5.74, 6) is -2.06. The average Bonchev–Trinajstić information content (AvgIpc) is 2.96. The van der Waals surface area contributed by atoms with E-state index in [1.807, 2.05) is 17.5 Å². The second-order valence-electron chi connectivity index (χ2n) is 4.29. The van der Waals surface area contributed by atoms with Crippen molar-refractivity contribution in [2.24, 2.45) is 0 Å². The summed E-state index contributed by atoms with van der Waals surface area (Å²) in [5.41, 5.74) is -1.11. The number of hydrogen-bond donors (Lipinski definition) is 1. The Morgan fingerprint density at radius 3 is 2.64 bits per heavy atom. The number of ether oxygens (including phenoxy) is 1. The van der Waals surface area contributed by atoms with Crippen molar-refractivity contribution in [3.63, 3.8) is 0 Å². The Balaban J connectivity index is 1.87. The quantitative estimate of drug-likeness (QED) is 0.849. The van der Waals surface area contributed by atoms with Gasteiger partial charge < -0.3 is 10.1 Å². The van der Waals surface area contributed by atoms with Crippen molar-refractivity contribution < 1.29 is 27.1 Å². The van der Waals surface area contributed by atoms with E-state index in [1.165, 1.54) is 11.3 Å². The maximum Gasteiger partial charge on any atom is 0.416 e. The SMILES string of the molecule is O=C(COc1ccc(C(F)(F)F)cc1F)NCc1cccs1. The van der Waals surface area contributed by atoms with Gasteiger partial charge in [-0.3, -0.25) is 4.79 Å². The summed E-state index contributed by atoms with van der Waals surface area (Å²) in [5, 5.41) is 4.41. The van der Waals surface area contributed by atoms with Crippen LogP contribution >= 0.6 is 11.3 Å². The van der Waals surface area contributed by atoms with Gasteiger partial charge in [-0.1, -0.05) is 6.07 Å². The minimum Gasteiger partial charge on any atom is -0.481 e. The number of halogens is 4. The summed E-state index contributed by atoms with van der Waals surface area (Å²) in [6, 6.07) is 5.55. The van der Waals surface area contributed by atoms with Gasteiger partial charge in [0.1, 0.15) is 0 Å². The van der Waals surface area contributed by atoms with Crippen molar-refractivity contribution in [3.05, 3.63) is 52.0 Å². The Hall–Kier alpha value is -2.09. The van der Waals surface area contributed by atoms with Crippen LogP contribution in [0.1, 0.15) is 10.4 Å². The lowest BCUT2D eigenvalue weighted by atomic mass is 10.2. The molecule has 0 bridgehead atoms. The van der Waals surface area contributed by atoms with E-state index in [0.717, 1.165) is 10.9 Å². The molecule has 0 atom stereocenters. The monoisotopic (exact) mass is 333 g/mol. The molecule has 1 amide bonds. The van der Waals surface area contributed by atoms with Crippen molar-refractivity contribution >= 4 is 17.2 Å². The van der Waals surface area contributed by atoms with Gasteiger partial charge in [0.05, 0.1) is 12.1 Å². The molecule has 0 aliphatic carbocycles. The van der Waals surface area contributed by atoms with Gasteiger partial charge in [-0.05, 0) is 29.6 Å². The molecule has 0 spiro atoms. The number of hydrogen-bond acceptors (Lipinski definition) is 3. The van der Waals surface area contributed by atoms with Crippen LogP contribution in [0.25, 0.3) is 0 Å². The molecule has 1 N–H and O–H groups in total. The molecule has 2 aromatic rings. The van der Waals surface area contributed by atoms with Crippen molar-refractivity contribution in [2.45, 2.75) is 12.7 Å². The molecular weight excluding hydrogens is 322 g/mol. The van der Waals surface area contributed by atoms with Gasteiger partial charge in [-0.25, -0.2) is 4.39 Å². The molecule has 0 unspecified atom stereocenters. The fourth-order valence-electron chi connectivity index (χ4n) is 1.59. The van der Waals surface area contributed by atoms with Crippen LogP contribution in [0.5, 0.6) is 5.75 Å². The number of benzene rings is 1. The average molecular weight is 333 g/mol. The third-order valence-electron chi connectivity index (χ3n) is 2.66. The molecule has 0 aliphatic heterocycles. The highest BCUT2D eigenvalue weighted by Gasteiger charge is 2.31. The van der Waals surface area contributed by atoms with Gasteiger partial charge in [0.15, 0.2) is 18.2 Å². The molecule has 0 saturated heterocycles. The molecule has 1 aromatic carbocycles. The lowest BCUT2D eigenvalue weighted by Gasteiger charge is -2.10. The van der Waals surface area contributed by atoms with E-state index in [0.29, 0.717) is 18.7 Å². The lowest BCUT2D eigenvalue weighted by Crippen LogP contribution is -2.28. The van der Waals surface area contributed by atoms with Crippen molar-refractivity contribution in [2.75, 3.05) is 6.61 Å². The normalized spacial score (nSPS) is 11.3. The second kappa shape index (κ2) is 6.78. The zero-order chi connectivity index (χ0) is 16.2. The Morgan fingerprint density at radius 2 is 2.05 bits per heavy atom. The van der Waals surface area contributed by atoms with E-state index in [4.69, 9.17) is 4.74 Å². The molecule has 0 fully saturated rings. The first-order valence-corrected chi connectivity index (χ1v) is 7.03. The summed E-state index contributed by atoms with van der Waals surface area (Å²) in [4.78, 5) is 12.5. The number of amides is 1. The lowest BCUT2D eigenvalue weighted by molar-refractivity contribution is -0.137. The molecule has 118 valence electrons. The number of carbonyl (C=O) groups excluding carboxylic acids is 1. The van der Waals surface area contributed by atoms with E-state index in [2.05, 4.69) is 5.32 Å². The van der Waals surface area contributed by atoms with Crippen molar-refractivity contribution in [1.29, 1.82) is 0 Å². The highest BCUT2D eigenvalue weighted by Crippen LogP contribution is 2.31. The molecule has 1 aromatic heterocycles. The summed E-state index contributed by atoms with van der Waals surface area (Å²) in [6.45, 7) is -0.164. The van der Waals surface area contributed by atoms with Crippen LogP contribution in [0.3, 0.4) is 0 Å². The molecule has 22 heavy (non-hydrogen) atoms. The summed E-state index contributed by atoms with van der Waals surface area (Å²) < 4.78 is 55.5. The van der Waals surface area contributed by atoms with Gasteiger partial charge in [0.2, 0.25) is 0 Å². The van der Waals surface area contributed by atoms with Crippen LogP contribution in [0.2, 0.25) is 0 Å². The highest BCUT2D eigenvalue weighted by molar-refractivity contribution is 7.09. The van der Waals surface area contributed by atoms with E-state index < -0.39 is 35.8 Å². The maximum atomic E-state index is 13.5. The van der Waals surface area contributed by atoms with Gasteiger partial charge >= 0.3 is 6.18 Å². The fourth-order valence-corrected chi connectivity index (χ4v) is 2.23. The molecule has 1 heterocycles. The van der Waals surface area contributed by atoms with Crippen LogP contribution < -0.4 is 10.1 Å². The largest absolute Gasteiger partial charge is 0.481 e. The predicted molar refractivity (Wildman–Crippen MR) is 73.1 cm³/mol. The number of nitrogens with one attached hydrogen (secondary N) is 1. The molecule has 0 aliphatic rings. The van der Waals surface area contributed by atoms with Crippen LogP contribution in [-0.2, 0) is 17.5 Å². The zero-order valence-corrected chi connectivity index (χ0v) is 11.9. The number of carbonyl (C=O) groups is 1. The first-order valence-electron chi connectivity index (χ1n) is 6.15. The zero-order valence-electron chi connectivity index (χ0n) is 11.1. The smallest absolute Gasteiger partial charge is 0.416 e. The summed E-state index contributed by atoms with van der Waals surface area (Å²) >= 11 is 1.46. The molecule has 0 saturated carbocycles. The van der Waals surface area contributed by atoms with Gasteiger partial charge in [-0.15, -0.1) is 11.3 Å². The third-order valence-corrected chi connectivity index (χ3v) is 3.53. The van der Waals surface area contributed by atoms with Crippen molar-refractivity contribution in [1.82, 2.24) is 5.32 Å². The van der Waals surface area contributed by atoms with E-state index >= 15 is 0 Å². The van der Waals surface area contributed by atoms with Crippen LogP contribution in [-0.4, -0.2) is 12.5 Å². The third kappa shape index (κ3) is 4.45. The van der Waals surface area contributed by atoms with Crippen LogP contribution in [0.15, 0.2) is 35.7 Å². The first kappa shape index (κ1) is 16.3. The topological polar surface area (TPSA) is 38.3 Å². The van der Waals surface area contributed by atoms with Gasteiger partial charge in [0.25, 0.3) is 5.91 Å². The number of thiophene rings is 1. The maximum absolute atomic E-state index is 13.5. The highest BCUT2D eigenvalue weighted by atomic mass is 32.1. The number of rotatable bonds is 5. The molecule has 2 rings (SSSR count). The molecule has 8 heteroatoms. The Labute approximate surface area is 127 Å². The van der Waals surface area contributed by atoms with Gasteiger partial charge in [0, 0.05) is 4.88 Å². The fraction of sp³-hybridized carbons (Fsp3) is 0.214. The predicted octanol–water partition coefficient (Wildman–Crippen LogP) is 3.60. The summed E-state index contributed by atoms with van der Waals surface area (Å²) in [7, 11) is 0. The minimum atomic E-state index is -4.63. The Morgan fingerprint density at radius 1 is 1.27 bits per heavy atom. The van der Waals surface area contributed by atoms with E-state index in [9.17, 15) is 22.4 Å². The molecular formula is C14H11F4NO2S. The Kier molecular flexibility index (Phi) is 5.02. The van der Waals surface area contributed by atoms with Crippen LogP contribution in [0.4, 0.5) is 17.6 Å². The molecule has 3 nitrogen and oxygen atoms in total. The minimum absolute atomic E-state index is 0.315. The molecule has 0 radical (unpaired) electrons. The summed E-state index contributed by atoms with van der Waals surface area (Å²) in [6.07, 6.45) is -4.63. The van der Waals surface area contributed by atoms with Crippen LogP contribution in [0, 0.1) is 5.82 Å². The number of alkyl halides is 3. The van der Waals surface area contributed by atoms with E-state index in [-0.39, 0.29) is 0 Å². The Bertz CT molecular complexity index is 641. The van der Waals surface area contributed by atoms with Crippen molar-refractivity contribution in [3.8, 4) is 5.75 Å². The van der Waals surface area contributed by atoms with E-state index in [1.54, 1.807) is 0 Å². The second-order valence-corrected chi connectivity index (χ2v) is 5.32. The van der Waals surface area contributed by atoms with Gasteiger partial charge in [-0.2, -0.15) is 13.2 Å². The standard InChI is InChI=1S/C14H11F4NO2S/c15-11-6-9(14(16,17)18)3-4-12(11)21-8-13(20)19-7-10-2-1-5-22-10/h1-6H,7-8H2,(H,19,20). The first-order chi connectivity index (χ1) is 10.4.